The van der Waals surface area contributed by atoms with Gasteiger partial charge in [-0.15, -0.1) is 11.3 Å². The van der Waals surface area contributed by atoms with Crippen LogP contribution in [0.2, 0.25) is 4.34 Å². The van der Waals surface area contributed by atoms with Gasteiger partial charge in [-0.3, -0.25) is 4.72 Å². The van der Waals surface area contributed by atoms with Crippen molar-refractivity contribution in [1.29, 1.82) is 0 Å². The summed E-state index contributed by atoms with van der Waals surface area (Å²) in [6.07, 6.45) is 0. The van der Waals surface area contributed by atoms with Crippen molar-refractivity contribution in [3.8, 4) is 0 Å². The molecule has 8 heteroatoms. The molecule has 0 amide bonds. The fraction of sp³-hybridized carbons (Fsp3) is 0.0833. The molecule has 0 saturated heterocycles. The topological polar surface area (TPSA) is 72.2 Å². The smallest absolute Gasteiger partial charge is 0.271 e. The van der Waals surface area contributed by atoms with E-state index in [4.69, 9.17) is 29.6 Å². The quantitative estimate of drug-likeness (QED) is 0.834. The molecule has 0 fully saturated rings. The molecule has 0 atom stereocenters. The summed E-state index contributed by atoms with van der Waals surface area (Å²) in [5.74, 6) is 0. The molecule has 4 nitrogen and oxygen atoms in total. The summed E-state index contributed by atoms with van der Waals surface area (Å²) in [7, 11) is -3.66. The van der Waals surface area contributed by atoms with Gasteiger partial charge in [-0.25, -0.2) is 8.42 Å². The highest BCUT2D eigenvalue weighted by Crippen LogP contribution is 2.28. The van der Waals surface area contributed by atoms with Crippen LogP contribution in [0.3, 0.4) is 0 Å². The molecule has 1 aromatic heterocycles. The van der Waals surface area contributed by atoms with E-state index in [1.807, 2.05) is 0 Å². The summed E-state index contributed by atoms with van der Waals surface area (Å²) in [5, 5.41) is 0. The van der Waals surface area contributed by atoms with Gasteiger partial charge in [0.2, 0.25) is 0 Å². The number of benzene rings is 1. The van der Waals surface area contributed by atoms with E-state index in [2.05, 4.69) is 4.72 Å². The fourth-order valence-corrected chi connectivity index (χ4v) is 4.25. The minimum atomic E-state index is -3.66. The van der Waals surface area contributed by atoms with Crippen molar-refractivity contribution in [1.82, 2.24) is 0 Å². The Morgan fingerprint density at radius 2 is 2.05 bits per heavy atom. The van der Waals surface area contributed by atoms with Crippen molar-refractivity contribution in [2.45, 2.75) is 11.1 Å². The SMILES string of the molecule is Cc1ccc(C(N)=S)cc1NS(=O)(=O)c1ccc(Cl)s1. The Hall–Kier alpha value is -1.15. The van der Waals surface area contributed by atoms with Crippen molar-refractivity contribution in [3.63, 3.8) is 0 Å². The van der Waals surface area contributed by atoms with Crippen LogP contribution in [-0.4, -0.2) is 13.4 Å². The van der Waals surface area contributed by atoms with Crippen LogP contribution < -0.4 is 10.5 Å². The molecule has 20 heavy (non-hydrogen) atoms. The van der Waals surface area contributed by atoms with E-state index < -0.39 is 10.0 Å². The Balaban J connectivity index is 2.39. The molecule has 0 bridgehead atoms. The molecule has 0 spiro atoms. The Labute approximate surface area is 131 Å². The summed E-state index contributed by atoms with van der Waals surface area (Å²) in [5.41, 5.74) is 7.37. The Bertz CT molecular complexity index is 769. The number of hydrogen-bond acceptors (Lipinski definition) is 4. The average Bonchev–Trinajstić information content (AvgIpc) is 2.79. The van der Waals surface area contributed by atoms with E-state index >= 15 is 0 Å². The maximum absolute atomic E-state index is 12.2. The number of aryl methyl sites for hydroxylation is 1. The van der Waals surface area contributed by atoms with Crippen LogP contribution in [0.1, 0.15) is 11.1 Å². The second-order valence-electron chi connectivity index (χ2n) is 4.06. The number of halogens is 1. The lowest BCUT2D eigenvalue weighted by Crippen LogP contribution is -2.14. The highest BCUT2D eigenvalue weighted by Gasteiger charge is 2.18. The lowest BCUT2D eigenvalue weighted by atomic mass is 10.1. The molecule has 3 N–H and O–H groups in total. The minimum Gasteiger partial charge on any atom is -0.389 e. The standard InChI is InChI=1S/C12H11ClN2O2S3/c1-7-2-3-8(12(14)18)6-9(7)15-20(16,17)11-5-4-10(13)19-11/h2-6,15H,1H3,(H2,14,18). The number of sulfonamides is 1. The molecule has 0 aliphatic carbocycles. The molecule has 0 unspecified atom stereocenters. The number of nitrogens with one attached hydrogen (secondary N) is 1. The van der Waals surface area contributed by atoms with E-state index in [1.165, 1.54) is 6.07 Å². The first-order valence-corrected chi connectivity index (χ1v) is 8.57. The minimum absolute atomic E-state index is 0.155. The number of rotatable bonds is 4. The van der Waals surface area contributed by atoms with E-state index in [-0.39, 0.29) is 9.20 Å². The molecular formula is C12H11ClN2O2S3. The van der Waals surface area contributed by atoms with Crippen LogP contribution in [0, 0.1) is 6.92 Å². The first-order valence-electron chi connectivity index (χ1n) is 5.48. The monoisotopic (exact) mass is 346 g/mol. The number of thiophene rings is 1. The van der Waals surface area contributed by atoms with E-state index in [9.17, 15) is 8.42 Å². The third-order valence-electron chi connectivity index (χ3n) is 2.58. The summed E-state index contributed by atoms with van der Waals surface area (Å²) in [4.78, 5) is 0.213. The van der Waals surface area contributed by atoms with Gasteiger partial charge in [-0.2, -0.15) is 0 Å². The largest absolute Gasteiger partial charge is 0.389 e. The highest BCUT2D eigenvalue weighted by molar-refractivity contribution is 7.94. The second-order valence-corrected chi connectivity index (χ2v) is 8.12. The van der Waals surface area contributed by atoms with Gasteiger partial charge in [0.1, 0.15) is 9.20 Å². The lowest BCUT2D eigenvalue weighted by Gasteiger charge is -2.10. The van der Waals surface area contributed by atoms with Crippen molar-refractivity contribution >= 4 is 55.9 Å². The van der Waals surface area contributed by atoms with Crippen molar-refractivity contribution < 1.29 is 8.42 Å². The van der Waals surface area contributed by atoms with Gasteiger partial charge in [0.05, 0.1) is 10.0 Å². The fourth-order valence-electron chi connectivity index (χ4n) is 1.52. The lowest BCUT2D eigenvalue weighted by molar-refractivity contribution is 0.603. The van der Waals surface area contributed by atoms with E-state index in [0.717, 1.165) is 16.9 Å². The summed E-state index contributed by atoms with van der Waals surface area (Å²) in [6, 6.07) is 8.12. The average molecular weight is 347 g/mol. The molecular weight excluding hydrogens is 336 g/mol. The van der Waals surface area contributed by atoms with Crippen molar-refractivity contribution in [2.75, 3.05) is 4.72 Å². The molecule has 0 radical (unpaired) electrons. The predicted octanol–water partition coefficient (Wildman–Crippen LogP) is 3.14. The van der Waals surface area contributed by atoms with Crippen LogP contribution in [0.4, 0.5) is 5.69 Å². The zero-order valence-corrected chi connectivity index (χ0v) is 13.6. The number of nitrogens with two attached hydrogens (primary N) is 1. The van der Waals surface area contributed by atoms with Crippen LogP contribution >= 0.6 is 35.2 Å². The Morgan fingerprint density at radius 1 is 1.35 bits per heavy atom. The van der Waals surface area contributed by atoms with Crippen LogP contribution in [0.25, 0.3) is 0 Å². The number of anilines is 1. The molecule has 106 valence electrons. The zero-order valence-electron chi connectivity index (χ0n) is 10.4. The molecule has 2 rings (SSSR count). The molecule has 0 saturated carbocycles. The van der Waals surface area contributed by atoms with E-state index in [1.54, 1.807) is 31.2 Å². The molecule has 0 aliphatic rings. The summed E-state index contributed by atoms with van der Waals surface area (Å²) in [6.45, 7) is 1.79. The first kappa shape index (κ1) is 15.2. The third-order valence-corrected chi connectivity index (χ3v) is 5.90. The van der Waals surface area contributed by atoms with Crippen molar-refractivity contribution in [3.05, 3.63) is 45.8 Å². The highest BCUT2D eigenvalue weighted by atomic mass is 35.5. The van der Waals surface area contributed by atoms with Gasteiger partial charge >= 0.3 is 0 Å². The molecule has 1 aromatic carbocycles. The maximum atomic E-state index is 12.2. The first-order chi connectivity index (χ1) is 9.29. The summed E-state index contributed by atoms with van der Waals surface area (Å²) >= 11 is 11.6. The number of hydrogen-bond donors (Lipinski definition) is 2. The van der Waals surface area contributed by atoms with Gasteiger partial charge in [-0.05, 0) is 30.7 Å². The normalized spacial score (nSPS) is 11.3. The predicted molar refractivity (Wildman–Crippen MR) is 87.2 cm³/mol. The maximum Gasteiger partial charge on any atom is 0.271 e. The molecule has 0 aliphatic heterocycles. The van der Waals surface area contributed by atoms with Gasteiger partial charge < -0.3 is 5.73 Å². The van der Waals surface area contributed by atoms with Gasteiger partial charge in [-0.1, -0.05) is 36.0 Å². The Morgan fingerprint density at radius 3 is 2.60 bits per heavy atom. The summed E-state index contributed by atoms with van der Waals surface area (Å²) < 4.78 is 27.5. The zero-order chi connectivity index (χ0) is 14.9. The van der Waals surface area contributed by atoms with Gasteiger partial charge in [0.25, 0.3) is 10.0 Å². The second kappa shape index (κ2) is 5.69. The van der Waals surface area contributed by atoms with Crippen LogP contribution in [-0.2, 0) is 10.0 Å². The number of thiocarbonyl (C=S) groups is 1. The molecule has 2 aromatic rings. The van der Waals surface area contributed by atoms with Crippen LogP contribution in [0.5, 0.6) is 0 Å². The third kappa shape index (κ3) is 3.29. The van der Waals surface area contributed by atoms with E-state index in [0.29, 0.717) is 15.6 Å². The van der Waals surface area contributed by atoms with Crippen molar-refractivity contribution in [2.24, 2.45) is 5.73 Å². The Kier molecular flexibility index (Phi) is 4.33. The molecule has 1 heterocycles. The van der Waals surface area contributed by atoms with Gasteiger partial charge in [0, 0.05) is 5.56 Å². The van der Waals surface area contributed by atoms with Gasteiger partial charge in [0.15, 0.2) is 0 Å². The van der Waals surface area contributed by atoms with Crippen LogP contribution in [0.15, 0.2) is 34.5 Å².